The number of rotatable bonds is 4. The van der Waals surface area contributed by atoms with Gasteiger partial charge in [-0.2, -0.15) is 4.98 Å². The Morgan fingerprint density at radius 2 is 2.14 bits per heavy atom. The van der Waals surface area contributed by atoms with Gasteiger partial charge >= 0.3 is 5.97 Å². The quantitative estimate of drug-likeness (QED) is 0.815. The molecule has 0 spiro atoms. The third-order valence-electron chi connectivity index (χ3n) is 2.64. The van der Waals surface area contributed by atoms with Crippen LogP contribution < -0.4 is 0 Å². The van der Waals surface area contributed by atoms with Crippen LogP contribution in [0.2, 0.25) is 0 Å². The van der Waals surface area contributed by atoms with Crippen molar-refractivity contribution >= 4 is 33.7 Å². The number of thioether (sulfide) groups is 1. The van der Waals surface area contributed by atoms with Crippen molar-refractivity contribution in [2.45, 2.75) is 36.8 Å². The molecule has 1 heterocycles. The Balaban J connectivity index is 2.15. The van der Waals surface area contributed by atoms with Crippen LogP contribution in [0.4, 0.5) is 0 Å². The smallest absolute Gasteiger partial charge is 0.336 e. The third kappa shape index (κ3) is 4.07. The summed E-state index contributed by atoms with van der Waals surface area (Å²) in [6, 6.07) is 5.06. The van der Waals surface area contributed by atoms with Crippen LogP contribution in [0.15, 0.2) is 32.1 Å². The Bertz CT molecular complexity index is 664. The van der Waals surface area contributed by atoms with E-state index in [4.69, 9.17) is 4.52 Å². The van der Waals surface area contributed by atoms with E-state index in [9.17, 15) is 9.90 Å². The van der Waals surface area contributed by atoms with Crippen LogP contribution in [0.5, 0.6) is 0 Å². The molecule has 0 saturated heterocycles. The largest absolute Gasteiger partial charge is 0.478 e. The number of halogens is 1. The number of benzene rings is 1. The third-order valence-corrected chi connectivity index (χ3v) is 4.19. The predicted molar refractivity (Wildman–Crippen MR) is 83.7 cm³/mol. The zero-order chi connectivity index (χ0) is 15.6. The maximum Gasteiger partial charge on any atom is 0.336 e. The summed E-state index contributed by atoms with van der Waals surface area (Å²) in [6.45, 7) is 5.98. The minimum Gasteiger partial charge on any atom is -0.478 e. The highest BCUT2D eigenvalue weighted by molar-refractivity contribution is 9.10. The van der Waals surface area contributed by atoms with Crippen molar-refractivity contribution in [1.29, 1.82) is 0 Å². The van der Waals surface area contributed by atoms with E-state index in [0.29, 0.717) is 22.4 Å². The molecule has 1 aromatic carbocycles. The first kappa shape index (κ1) is 16.0. The summed E-state index contributed by atoms with van der Waals surface area (Å²) in [7, 11) is 0. The molecule has 2 rings (SSSR count). The summed E-state index contributed by atoms with van der Waals surface area (Å²) in [4.78, 5) is 16.2. The summed E-state index contributed by atoms with van der Waals surface area (Å²) in [5, 5.41) is 13.1. The van der Waals surface area contributed by atoms with Gasteiger partial charge in [-0.1, -0.05) is 41.9 Å². The molecule has 21 heavy (non-hydrogen) atoms. The number of hydrogen-bond acceptors (Lipinski definition) is 5. The van der Waals surface area contributed by atoms with Crippen molar-refractivity contribution in [1.82, 2.24) is 10.1 Å². The molecule has 1 aromatic heterocycles. The summed E-state index contributed by atoms with van der Waals surface area (Å²) in [5.41, 5.74) is 0.0699. The molecule has 0 aliphatic heterocycles. The maximum atomic E-state index is 11.2. The van der Waals surface area contributed by atoms with Crippen LogP contribution >= 0.6 is 27.7 Å². The topological polar surface area (TPSA) is 76.2 Å². The van der Waals surface area contributed by atoms with Gasteiger partial charge in [0, 0.05) is 14.8 Å². The Morgan fingerprint density at radius 3 is 2.71 bits per heavy atom. The van der Waals surface area contributed by atoms with E-state index in [2.05, 4.69) is 26.1 Å². The second-order valence-electron chi connectivity index (χ2n) is 5.50. The van der Waals surface area contributed by atoms with Gasteiger partial charge < -0.3 is 9.63 Å². The van der Waals surface area contributed by atoms with Crippen LogP contribution in [0.25, 0.3) is 0 Å². The second kappa shape index (κ2) is 6.19. The Kier molecular flexibility index (Phi) is 4.73. The molecule has 0 radical (unpaired) electrons. The molecule has 2 aromatic rings. The summed E-state index contributed by atoms with van der Waals surface area (Å²) >= 11 is 4.72. The monoisotopic (exact) mass is 370 g/mol. The molecule has 0 atom stereocenters. The van der Waals surface area contributed by atoms with E-state index in [1.807, 2.05) is 20.8 Å². The molecule has 5 nitrogen and oxygen atoms in total. The first-order valence-corrected chi connectivity index (χ1v) is 8.04. The molecule has 0 aliphatic rings. The number of hydrogen-bond donors (Lipinski definition) is 1. The highest BCUT2D eigenvalue weighted by Crippen LogP contribution is 2.29. The van der Waals surface area contributed by atoms with E-state index in [1.54, 1.807) is 18.2 Å². The Labute approximate surface area is 135 Å². The lowest BCUT2D eigenvalue weighted by molar-refractivity contribution is 0.0693. The molecule has 0 unspecified atom stereocenters. The van der Waals surface area contributed by atoms with Gasteiger partial charge in [0.2, 0.25) is 5.89 Å². The lowest BCUT2D eigenvalue weighted by Crippen LogP contribution is -2.11. The van der Waals surface area contributed by atoms with Crippen molar-refractivity contribution in [3.63, 3.8) is 0 Å². The van der Waals surface area contributed by atoms with E-state index in [-0.39, 0.29) is 11.0 Å². The van der Waals surface area contributed by atoms with Gasteiger partial charge in [-0.25, -0.2) is 4.79 Å². The van der Waals surface area contributed by atoms with Gasteiger partial charge in [-0.3, -0.25) is 0 Å². The number of nitrogens with zero attached hydrogens (tertiary/aromatic N) is 2. The van der Waals surface area contributed by atoms with E-state index >= 15 is 0 Å². The average molecular weight is 371 g/mol. The number of aromatic nitrogens is 2. The average Bonchev–Trinajstić information content (AvgIpc) is 2.84. The van der Waals surface area contributed by atoms with Gasteiger partial charge in [-0.15, -0.1) is 11.8 Å². The minimum absolute atomic E-state index is 0.197. The minimum atomic E-state index is -0.950. The number of aromatic carboxylic acids is 1. The molecule has 1 N–H and O–H groups in total. The Morgan fingerprint density at radius 1 is 1.43 bits per heavy atom. The van der Waals surface area contributed by atoms with Crippen LogP contribution in [-0.4, -0.2) is 21.2 Å². The number of carbonyl (C=O) groups is 1. The first-order valence-electron chi connectivity index (χ1n) is 6.26. The van der Waals surface area contributed by atoms with Gasteiger partial charge in [0.25, 0.3) is 0 Å². The maximum absolute atomic E-state index is 11.2. The van der Waals surface area contributed by atoms with Crippen molar-refractivity contribution in [3.05, 3.63) is 40.0 Å². The number of carboxylic acids is 1. The lowest BCUT2D eigenvalue weighted by Gasteiger charge is -2.10. The molecule has 7 heteroatoms. The van der Waals surface area contributed by atoms with Gasteiger partial charge in [0.1, 0.15) is 0 Å². The fourth-order valence-electron chi connectivity index (χ4n) is 1.55. The normalized spacial score (nSPS) is 11.6. The van der Waals surface area contributed by atoms with E-state index in [0.717, 1.165) is 4.47 Å². The molecular weight excluding hydrogens is 356 g/mol. The summed E-state index contributed by atoms with van der Waals surface area (Å²) < 4.78 is 6.05. The van der Waals surface area contributed by atoms with Gasteiger partial charge in [0.15, 0.2) is 5.82 Å². The van der Waals surface area contributed by atoms with E-state index < -0.39 is 5.97 Å². The number of carboxylic acid groups (broad SMARTS) is 1. The summed E-state index contributed by atoms with van der Waals surface area (Å²) in [6.07, 6.45) is 0. The molecular formula is C14H15BrN2O3S. The van der Waals surface area contributed by atoms with Crippen molar-refractivity contribution < 1.29 is 14.4 Å². The van der Waals surface area contributed by atoms with E-state index in [1.165, 1.54) is 11.8 Å². The molecule has 112 valence electrons. The molecule has 0 aliphatic carbocycles. The van der Waals surface area contributed by atoms with Crippen molar-refractivity contribution in [3.8, 4) is 0 Å². The molecule has 0 fully saturated rings. The standard InChI is InChI=1S/C14H15BrN2O3S/c1-14(2,3)13-16-11(17-20-13)7-21-10-6-8(15)4-5-9(10)12(18)19/h4-6H,7H2,1-3H3,(H,18,19). The van der Waals surface area contributed by atoms with Crippen molar-refractivity contribution in [2.24, 2.45) is 0 Å². The van der Waals surface area contributed by atoms with Gasteiger partial charge in [-0.05, 0) is 18.2 Å². The SMILES string of the molecule is CC(C)(C)c1nc(CSc2cc(Br)ccc2C(=O)O)no1. The van der Waals surface area contributed by atoms with Crippen LogP contribution in [0.1, 0.15) is 42.8 Å². The lowest BCUT2D eigenvalue weighted by atomic mass is 9.97. The van der Waals surface area contributed by atoms with Crippen LogP contribution in [0, 0.1) is 0 Å². The van der Waals surface area contributed by atoms with Crippen molar-refractivity contribution in [2.75, 3.05) is 0 Å². The fraction of sp³-hybridized carbons (Fsp3) is 0.357. The molecule has 0 amide bonds. The van der Waals surface area contributed by atoms with Crippen LogP contribution in [-0.2, 0) is 11.2 Å². The highest BCUT2D eigenvalue weighted by Gasteiger charge is 2.22. The fourth-order valence-corrected chi connectivity index (χ4v) is 2.99. The zero-order valence-corrected chi connectivity index (χ0v) is 14.3. The first-order chi connectivity index (χ1) is 9.77. The highest BCUT2D eigenvalue weighted by atomic mass is 79.9. The second-order valence-corrected chi connectivity index (χ2v) is 7.43. The van der Waals surface area contributed by atoms with Crippen LogP contribution in [0.3, 0.4) is 0 Å². The Hall–Kier alpha value is -1.34. The van der Waals surface area contributed by atoms with Gasteiger partial charge in [0.05, 0.1) is 11.3 Å². The zero-order valence-electron chi connectivity index (χ0n) is 11.9. The molecule has 0 bridgehead atoms. The summed E-state index contributed by atoms with van der Waals surface area (Å²) in [5.74, 6) is 0.636. The molecule has 0 saturated carbocycles. The predicted octanol–water partition coefficient (Wildman–Crippen LogP) is 4.12.